The molecule has 2 atom stereocenters. The number of hydrogen-bond donors (Lipinski definition) is 1. The Morgan fingerprint density at radius 3 is 2.18 bits per heavy atom. The van der Waals surface area contributed by atoms with Gasteiger partial charge in [-0.1, -0.05) is 0 Å². The lowest BCUT2D eigenvalue weighted by Gasteiger charge is -1.94. The molecule has 0 saturated carbocycles. The summed E-state index contributed by atoms with van der Waals surface area (Å²) in [5, 5.41) is 6.28. The molecule has 0 fully saturated rings. The van der Waals surface area contributed by atoms with Crippen LogP contribution in [0, 0.1) is 0 Å². The summed E-state index contributed by atoms with van der Waals surface area (Å²) in [5.41, 5.74) is 0. The van der Waals surface area contributed by atoms with Gasteiger partial charge >= 0.3 is 0 Å². The minimum atomic E-state index is -0.171. The average molecular weight is 194 g/mol. The Morgan fingerprint density at radius 2 is 1.91 bits per heavy atom. The molecule has 1 N–H and O–H groups in total. The van der Waals surface area contributed by atoms with Crippen molar-refractivity contribution in [3.63, 3.8) is 0 Å². The molecule has 0 bridgehead atoms. The van der Waals surface area contributed by atoms with Gasteiger partial charge in [0.05, 0.1) is 10.8 Å². The predicted molar refractivity (Wildman–Crippen MR) is 44.9 cm³/mol. The van der Waals surface area contributed by atoms with Crippen molar-refractivity contribution < 1.29 is 0 Å². The first-order chi connectivity index (χ1) is 5.11. The second kappa shape index (κ2) is 3.41. The number of H-pyrrole nitrogens is 1. The Bertz CT molecular complexity index is 209. The van der Waals surface area contributed by atoms with Crippen molar-refractivity contribution >= 4 is 23.2 Å². The molecule has 1 aromatic heterocycles. The molecule has 1 aromatic rings. The Morgan fingerprint density at radius 1 is 1.27 bits per heavy atom. The van der Waals surface area contributed by atoms with Crippen molar-refractivity contribution in [2.45, 2.75) is 24.6 Å². The molecule has 3 nitrogen and oxygen atoms in total. The third-order valence-corrected chi connectivity index (χ3v) is 1.65. The van der Waals surface area contributed by atoms with Crippen LogP contribution in [-0.4, -0.2) is 15.2 Å². The number of nitrogens with one attached hydrogen (secondary N) is 1. The highest BCUT2D eigenvalue weighted by Gasteiger charge is 2.10. The van der Waals surface area contributed by atoms with Gasteiger partial charge in [-0.3, -0.25) is 5.10 Å². The number of rotatable bonds is 2. The minimum absolute atomic E-state index is 0.147. The van der Waals surface area contributed by atoms with Crippen LogP contribution in [-0.2, 0) is 0 Å². The maximum absolute atomic E-state index is 5.74. The Hall–Kier alpha value is -0.280. The van der Waals surface area contributed by atoms with Crippen LogP contribution >= 0.6 is 23.2 Å². The fourth-order valence-electron chi connectivity index (χ4n) is 0.644. The quantitative estimate of drug-likeness (QED) is 0.734. The molecule has 0 aliphatic carbocycles. The number of alkyl halides is 2. The number of halogens is 2. The zero-order valence-electron chi connectivity index (χ0n) is 6.31. The van der Waals surface area contributed by atoms with E-state index in [0.717, 1.165) is 0 Å². The highest BCUT2D eigenvalue weighted by Crippen LogP contribution is 2.19. The second-order valence-electron chi connectivity index (χ2n) is 2.31. The average Bonchev–Trinajstić information content (AvgIpc) is 2.33. The van der Waals surface area contributed by atoms with Crippen LogP contribution in [0.5, 0.6) is 0 Å². The van der Waals surface area contributed by atoms with E-state index in [9.17, 15) is 0 Å². The first-order valence-corrected chi connectivity index (χ1v) is 4.19. The van der Waals surface area contributed by atoms with Crippen LogP contribution in [0.1, 0.15) is 36.3 Å². The molecular weight excluding hydrogens is 185 g/mol. The molecule has 0 aliphatic heterocycles. The van der Waals surface area contributed by atoms with Crippen molar-refractivity contribution in [1.82, 2.24) is 15.2 Å². The van der Waals surface area contributed by atoms with Crippen molar-refractivity contribution in [1.29, 1.82) is 0 Å². The molecule has 0 radical (unpaired) electrons. The summed E-state index contributed by atoms with van der Waals surface area (Å²) >= 11 is 11.5. The summed E-state index contributed by atoms with van der Waals surface area (Å²) in [7, 11) is 0. The van der Waals surface area contributed by atoms with E-state index in [2.05, 4.69) is 15.2 Å². The third kappa shape index (κ3) is 2.07. The van der Waals surface area contributed by atoms with Crippen LogP contribution in [0.25, 0.3) is 0 Å². The molecule has 1 rings (SSSR count). The predicted octanol–water partition coefficient (Wildman–Crippen LogP) is 2.40. The van der Waals surface area contributed by atoms with Gasteiger partial charge in [0.15, 0.2) is 5.82 Å². The lowest BCUT2D eigenvalue weighted by Crippen LogP contribution is -1.89. The topological polar surface area (TPSA) is 41.6 Å². The summed E-state index contributed by atoms with van der Waals surface area (Å²) in [6.45, 7) is 3.64. The van der Waals surface area contributed by atoms with Crippen molar-refractivity contribution in [2.75, 3.05) is 0 Å². The smallest absolute Gasteiger partial charge is 0.168 e. The number of aromatic nitrogens is 3. The SMILES string of the molecule is C[C@H](Cl)c1n[nH]c([C@H](C)Cl)n1. The molecule has 1 heterocycles. The highest BCUT2D eigenvalue weighted by atomic mass is 35.5. The van der Waals surface area contributed by atoms with E-state index in [1.54, 1.807) is 0 Å². The highest BCUT2D eigenvalue weighted by molar-refractivity contribution is 6.20. The van der Waals surface area contributed by atoms with E-state index in [0.29, 0.717) is 11.6 Å². The monoisotopic (exact) mass is 193 g/mol. The Labute approximate surface area is 75.1 Å². The van der Waals surface area contributed by atoms with E-state index >= 15 is 0 Å². The van der Waals surface area contributed by atoms with Gasteiger partial charge in [0.2, 0.25) is 0 Å². The van der Waals surface area contributed by atoms with Crippen LogP contribution in [0.3, 0.4) is 0 Å². The normalized spacial score (nSPS) is 16.4. The van der Waals surface area contributed by atoms with Gasteiger partial charge in [0, 0.05) is 0 Å². The van der Waals surface area contributed by atoms with E-state index in [1.165, 1.54) is 0 Å². The first-order valence-electron chi connectivity index (χ1n) is 3.31. The van der Waals surface area contributed by atoms with Gasteiger partial charge in [0.1, 0.15) is 5.82 Å². The number of nitrogens with zero attached hydrogens (tertiary/aromatic N) is 2. The largest absolute Gasteiger partial charge is 0.262 e. The zero-order valence-corrected chi connectivity index (χ0v) is 7.82. The van der Waals surface area contributed by atoms with Gasteiger partial charge in [-0.05, 0) is 13.8 Å². The third-order valence-electron chi connectivity index (χ3n) is 1.25. The van der Waals surface area contributed by atoms with Crippen molar-refractivity contribution in [3.8, 4) is 0 Å². The Balaban J connectivity index is 2.82. The molecule has 5 heteroatoms. The van der Waals surface area contributed by atoms with Crippen LogP contribution in [0.15, 0.2) is 0 Å². The van der Waals surface area contributed by atoms with Crippen LogP contribution in [0.4, 0.5) is 0 Å². The molecule has 0 spiro atoms. The molecule has 0 saturated heterocycles. The van der Waals surface area contributed by atoms with Crippen LogP contribution < -0.4 is 0 Å². The van der Waals surface area contributed by atoms with Gasteiger partial charge in [-0.25, -0.2) is 4.98 Å². The lowest BCUT2D eigenvalue weighted by atomic mass is 10.4. The molecular formula is C6H9Cl2N3. The number of aromatic amines is 1. The molecule has 0 aromatic carbocycles. The maximum Gasteiger partial charge on any atom is 0.168 e. The number of hydrogen-bond acceptors (Lipinski definition) is 2. The summed E-state index contributed by atoms with van der Waals surface area (Å²) in [6, 6.07) is 0. The van der Waals surface area contributed by atoms with Crippen molar-refractivity contribution in [3.05, 3.63) is 11.6 Å². The molecule has 0 unspecified atom stereocenters. The Kier molecular flexibility index (Phi) is 2.73. The standard InChI is InChI=1S/C6H9Cl2N3/c1-3(7)5-9-6(4(2)8)11-10-5/h3-4H,1-2H3,(H,9,10,11)/t3-,4-/m0/s1. The van der Waals surface area contributed by atoms with E-state index in [4.69, 9.17) is 23.2 Å². The zero-order chi connectivity index (χ0) is 8.43. The van der Waals surface area contributed by atoms with E-state index in [1.807, 2.05) is 13.8 Å². The summed E-state index contributed by atoms with van der Waals surface area (Å²) in [4.78, 5) is 4.08. The van der Waals surface area contributed by atoms with Gasteiger partial charge in [-0.15, -0.1) is 23.2 Å². The van der Waals surface area contributed by atoms with Gasteiger partial charge in [-0.2, -0.15) is 5.10 Å². The first kappa shape index (κ1) is 8.81. The van der Waals surface area contributed by atoms with E-state index in [-0.39, 0.29) is 10.8 Å². The molecule has 0 aliphatic rings. The van der Waals surface area contributed by atoms with Crippen molar-refractivity contribution in [2.24, 2.45) is 0 Å². The second-order valence-corrected chi connectivity index (χ2v) is 3.62. The fourth-order valence-corrected chi connectivity index (χ4v) is 0.839. The van der Waals surface area contributed by atoms with Gasteiger partial charge < -0.3 is 0 Å². The summed E-state index contributed by atoms with van der Waals surface area (Å²) in [5.74, 6) is 1.25. The summed E-state index contributed by atoms with van der Waals surface area (Å²) in [6.07, 6.45) is 0. The minimum Gasteiger partial charge on any atom is -0.262 e. The van der Waals surface area contributed by atoms with Crippen LogP contribution in [0.2, 0.25) is 0 Å². The lowest BCUT2D eigenvalue weighted by molar-refractivity contribution is 0.912. The molecule has 0 amide bonds. The fraction of sp³-hybridized carbons (Fsp3) is 0.667. The maximum atomic E-state index is 5.74. The summed E-state index contributed by atoms with van der Waals surface area (Å²) < 4.78 is 0. The molecule has 62 valence electrons. The molecule has 11 heavy (non-hydrogen) atoms. The van der Waals surface area contributed by atoms with E-state index < -0.39 is 0 Å². The van der Waals surface area contributed by atoms with Gasteiger partial charge in [0.25, 0.3) is 0 Å².